The molecule has 34 heavy (non-hydrogen) atoms. The highest BCUT2D eigenvalue weighted by atomic mass is 32.1. The number of hydrogen-bond donors (Lipinski definition) is 3. The maximum atomic E-state index is 12.5. The lowest BCUT2D eigenvalue weighted by atomic mass is 10.1. The van der Waals surface area contributed by atoms with Crippen LogP contribution in [0.1, 0.15) is 29.6 Å². The van der Waals surface area contributed by atoms with Crippen molar-refractivity contribution in [1.29, 1.82) is 0 Å². The van der Waals surface area contributed by atoms with E-state index >= 15 is 0 Å². The maximum absolute atomic E-state index is 12.5. The number of anilines is 2. The lowest BCUT2D eigenvalue weighted by Gasteiger charge is -2.13. The average molecular weight is 479 g/mol. The molecule has 9 nitrogen and oxygen atoms in total. The summed E-state index contributed by atoms with van der Waals surface area (Å²) in [6.07, 6.45) is 1.04. The molecule has 0 fully saturated rings. The van der Waals surface area contributed by atoms with E-state index in [9.17, 15) is 14.4 Å². The van der Waals surface area contributed by atoms with E-state index in [2.05, 4.69) is 20.9 Å². The van der Waals surface area contributed by atoms with Gasteiger partial charge in [0.25, 0.3) is 5.91 Å². The lowest BCUT2D eigenvalue weighted by Crippen LogP contribution is -2.41. The van der Waals surface area contributed by atoms with E-state index < -0.39 is 6.04 Å². The van der Waals surface area contributed by atoms with E-state index in [1.54, 1.807) is 24.3 Å². The van der Waals surface area contributed by atoms with E-state index in [1.807, 2.05) is 23.6 Å². The number of nitrogens with one attached hydrogen (secondary N) is 3. The van der Waals surface area contributed by atoms with Gasteiger partial charge in [-0.2, -0.15) is 0 Å². The maximum Gasteiger partial charge on any atom is 0.254 e. The van der Waals surface area contributed by atoms with E-state index in [0.29, 0.717) is 46.8 Å². The Labute approximate surface area is 199 Å². The van der Waals surface area contributed by atoms with E-state index in [-0.39, 0.29) is 30.6 Å². The van der Waals surface area contributed by atoms with Crippen LogP contribution in [0.3, 0.4) is 0 Å². The Morgan fingerprint density at radius 1 is 1.12 bits per heavy atom. The number of thiazole rings is 1. The van der Waals surface area contributed by atoms with Gasteiger partial charge in [-0.15, -0.1) is 11.3 Å². The van der Waals surface area contributed by atoms with Crippen LogP contribution in [0.2, 0.25) is 0 Å². The minimum absolute atomic E-state index is 0.0493. The number of amides is 3. The normalized spacial score (nSPS) is 17.0. The van der Waals surface area contributed by atoms with Gasteiger partial charge in [0.2, 0.25) is 11.8 Å². The SMILES string of the molecule is O=C(CC[C@@H]1NC(=O)c2ccccc2NC1=O)Nc1nc(-c2ccc3c(c2)OCCCO3)cs1. The Hall–Kier alpha value is -3.92. The van der Waals surface area contributed by atoms with Gasteiger partial charge in [0.1, 0.15) is 6.04 Å². The second kappa shape index (κ2) is 9.52. The van der Waals surface area contributed by atoms with Crippen molar-refractivity contribution in [3.05, 3.63) is 53.4 Å². The zero-order valence-electron chi connectivity index (χ0n) is 18.1. The van der Waals surface area contributed by atoms with E-state index in [4.69, 9.17) is 9.47 Å². The van der Waals surface area contributed by atoms with Crippen LogP contribution in [0.4, 0.5) is 10.8 Å². The van der Waals surface area contributed by atoms with Crippen LogP contribution in [0.5, 0.6) is 11.5 Å². The van der Waals surface area contributed by atoms with Crippen molar-refractivity contribution < 1.29 is 23.9 Å². The van der Waals surface area contributed by atoms with Crippen LogP contribution in [0, 0.1) is 0 Å². The molecule has 2 aromatic carbocycles. The van der Waals surface area contributed by atoms with Crippen molar-refractivity contribution in [2.45, 2.75) is 25.3 Å². The molecule has 0 aliphatic carbocycles. The predicted octanol–water partition coefficient (Wildman–Crippen LogP) is 3.44. The Balaban J connectivity index is 1.19. The second-order valence-electron chi connectivity index (χ2n) is 7.90. The van der Waals surface area contributed by atoms with Crippen LogP contribution >= 0.6 is 11.3 Å². The summed E-state index contributed by atoms with van der Waals surface area (Å²) < 4.78 is 11.4. The molecule has 0 radical (unpaired) electrons. The molecular weight excluding hydrogens is 456 g/mol. The molecule has 0 saturated carbocycles. The average Bonchev–Trinajstić information content (AvgIpc) is 3.11. The number of benzene rings is 2. The minimum Gasteiger partial charge on any atom is -0.490 e. The lowest BCUT2D eigenvalue weighted by molar-refractivity contribution is -0.118. The fourth-order valence-electron chi connectivity index (χ4n) is 3.76. The number of fused-ring (bicyclic) bond motifs is 2. The third-order valence-electron chi connectivity index (χ3n) is 5.51. The number of ether oxygens (including phenoxy) is 2. The molecular formula is C24H22N4O5S. The fourth-order valence-corrected chi connectivity index (χ4v) is 4.49. The third kappa shape index (κ3) is 4.72. The number of carbonyl (C=O) groups is 3. The molecule has 0 saturated heterocycles. The van der Waals surface area contributed by atoms with Gasteiger partial charge in [-0.3, -0.25) is 14.4 Å². The molecule has 174 valence electrons. The summed E-state index contributed by atoms with van der Waals surface area (Å²) in [5.74, 6) is 0.404. The van der Waals surface area contributed by atoms with Crippen molar-refractivity contribution in [2.24, 2.45) is 0 Å². The van der Waals surface area contributed by atoms with E-state index in [0.717, 1.165) is 12.0 Å². The Morgan fingerprint density at radius 2 is 1.94 bits per heavy atom. The standard InChI is InChI=1S/C24H22N4O5S/c29-21(9-7-17-23(31)25-16-5-2-1-4-15(16)22(30)26-17)28-24-27-18(13-34-24)14-6-8-19-20(12-14)33-11-3-10-32-19/h1-2,4-6,8,12-13,17H,3,7,9-11H2,(H,25,31)(H,26,30)(H,27,28,29)/t17-/m0/s1. The quantitative estimate of drug-likeness (QED) is 0.517. The van der Waals surface area contributed by atoms with Crippen LogP contribution in [-0.2, 0) is 9.59 Å². The third-order valence-corrected chi connectivity index (χ3v) is 6.26. The van der Waals surface area contributed by atoms with Gasteiger partial charge in [-0.25, -0.2) is 4.98 Å². The van der Waals surface area contributed by atoms with Crippen molar-refractivity contribution in [3.8, 4) is 22.8 Å². The highest BCUT2D eigenvalue weighted by Crippen LogP contribution is 2.35. The van der Waals surface area contributed by atoms with Crippen molar-refractivity contribution in [3.63, 3.8) is 0 Å². The molecule has 3 aromatic rings. The fraction of sp³-hybridized carbons (Fsp3) is 0.250. The molecule has 0 bridgehead atoms. The second-order valence-corrected chi connectivity index (χ2v) is 8.76. The molecule has 5 rings (SSSR count). The van der Waals surface area contributed by atoms with Crippen LogP contribution in [0.15, 0.2) is 47.8 Å². The molecule has 1 aromatic heterocycles. The molecule has 1 atom stereocenters. The number of aromatic nitrogens is 1. The van der Waals surface area contributed by atoms with Gasteiger partial charge in [-0.05, 0) is 36.8 Å². The number of hydrogen-bond acceptors (Lipinski definition) is 7. The zero-order chi connectivity index (χ0) is 23.5. The first-order chi connectivity index (χ1) is 16.6. The number of rotatable bonds is 5. The minimum atomic E-state index is -0.806. The van der Waals surface area contributed by atoms with Gasteiger partial charge in [0.05, 0.1) is 30.2 Å². The predicted molar refractivity (Wildman–Crippen MR) is 127 cm³/mol. The largest absolute Gasteiger partial charge is 0.490 e. The van der Waals surface area contributed by atoms with Gasteiger partial charge < -0.3 is 25.4 Å². The summed E-state index contributed by atoms with van der Waals surface area (Å²) in [7, 11) is 0. The van der Waals surface area contributed by atoms with Crippen molar-refractivity contribution >= 4 is 39.9 Å². The van der Waals surface area contributed by atoms with Crippen LogP contribution in [-0.4, -0.2) is 42.0 Å². The molecule has 3 heterocycles. The summed E-state index contributed by atoms with van der Waals surface area (Å²) in [4.78, 5) is 41.9. The van der Waals surface area contributed by atoms with Crippen LogP contribution < -0.4 is 25.4 Å². The Kier molecular flexibility index (Phi) is 6.13. The Morgan fingerprint density at radius 3 is 2.82 bits per heavy atom. The first kappa shape index (κ1) is 21.9. The van der Waals surface area contributed by atoms with Gasteiger partial charge >= 0.3 is 0 Å². The summed E-state index contributed by atoms with van der Waals surface area (Å²) in [6.45, 7) is 1.22. The molecule has 0 spiro atoms. The number of para-hydroxylation sites is 1. The van der Waals surface area contributed by atoms with Gasteiger partial charge in [0.15, 0.2) is 16.6 Å². The topological polar surface area (TPSA) is 119 Å². The van der Waals surface area contributed by atoms with Crippen molar-refractivity contribution in [1.82, 2.24) is 10.3 Å². The summed E-state index contributed by atoms with van der Waals surface area (Å²) >= 11 is 1.31. The Bertz CT molecular complexity index is 1260. The monoisotopic (exact) mass is 478 g/mol. The zero-order valence-corrected chi connectivity index (χ0v) is 18.9. The van der Waals surface area contributed by atoms with Gasteiger partial charge in [-0.1, -0.05) is 12.1 Å². The van der Waals surface area contributed by atoms with Gasteiger partial charge in [0, 0.05) is 23.8 Å². The van der Waals surface area contributed by atoms with Crippen molar-refractivity contribution in [2.75, 3.05) is 23.8 Å². The molecule has 10 heteroatoms. The molecule has 2 aliphatic heterocycles. The number of carbonyl (C=O) groups excluding carboxylic acids is 3. The highest BCUT2D eigenvalue weighted by molar-refractivity contribution is 7.14. The number of nitrogens with zero attached hydrogens (tertiary/aromatic N) is 1. The molecule has 2 aliphatic rings. The first-order valence-corrected chi connectivity index (χ1v) is 11.8. The van der Waals surface area contributed by atoms with Crippen LogP contribution in [0.25, 0.3) is 11.3 Å². The summed E-state index contributed by atoms with van der Waals surface area (Å²) in [6, 6.07) is 11.6. The summed E-state index contributed by atoms with van der Waals surface area (Å²) in [5.41, 5.74) is 2.43. The first-order valence-electron chi connectivity index (χ1n) is 10.9. The molecule has 0 unspecified atom stereocenters. The smallest absolute Gasteiger partial charge is 0.254 e. The highest BCUT2D eigenvalue weighted by Gasteiger charge is 2.28. The van der Waals surface area contributed by atoms with E-state index in [1.165, 1.54) is 11.3 Å². The summed E-state index contributed by atoms with van der Waals surface area (Å²) in [5, 5.41) is 10.5. The molecule has 3 N–H and O–H groups in total. The molecule has 3 amide bonds.